The van der Waals surface area contributed by atoms with Gasteiger partial charge in [-0.1, -0.05) is 58.6 Å². The molecule has 1 aromatic rings. The van der Waals surface area contributed by atoms with Gasteiger partial charge < -0.3 is 20.1 Å². The summed E-state index contributed by atoms with van der Waals surface area (Å²) in [6, 6.07) is 6.98. The second kappa shape index (κ2) is 14.7. The van der Waals surface area contributed by atoms with Crippen molar-refractivity contribution in [2.45, 2.75) is 71.8 Å². The first kappa shape index (κ1) is 24.8. The van der Waals surface area contributed by atoms with Gasteiger partial charge in [-0.25, -0.2) is 4.79 Å². The van der Waals surface area contributed by atoms with Crippen LogP contribution in [0.15, 0.2) is 24.3 Å². The third-order valence-electron chi connectivity index (χ3n) is 4.64. The highest BCUT2D eigenvalue weighted by molar-refractivity contribution is 5.85. The Bertz CT molecular complexity index is 587. The smallest absolute Gasteiger partial charge is 0.407 e. The normalized spacial score (nSPS) is 11.8. The first-order valence-corrected chi connectivity index (χ1v) is 10.8. The van der Waals surface area contributed by atoms with Crippen LogP contribution in [0, 0.1) is 5.92 Å². The van der Waals surface area contributed by atoms with Crippen LogP contribution in [0.5, 0.6) is 5.75 Å². The van der Waals surface area contributed by atoms with Crippen LogP contribution in [0.2, 0.25) is 0 Å². The van der Waals surface area contributed by atoms with E-state index in [4.69, 9.17) is 9.47 Å². The molecule has 0 radical (unpaired) electrons. The minimum absolute atomic E-state index is 0.251. The Morgan fingerprint density at radius 3 is 2.34 bits per heavy atom. The van der Waals surface area contributed by atoms with E-state index in [0.717, 1.165) is 36.5 Å². The summed E-state index contributed by atoms with van der Waals surface area (Å²) in [4.78, 5) is 24.0. The van der Waals surface area contributed by atoms with Crippen LogP contribution in [-0.2, 0) is 16.0 Å². The highest BCUT2D eigenvalue weighted by Gasteiger charge is 2.20. The number of benzene rings is 1. The summed E-state index contributed by atoms with van der Waals surface area (Å²) in [6.07, 6.45) is 6.31. The molecule has 1 atom stereocenters. The van der Waals surface area contributed by atoms with Crippen molar-refractivity contribution in [3.63, 3.8) is 0 Å². The van der Waals surface area contributed by atoms with Gasteiger partial charge in [0.25, 0.3) is 0 Å². The average Bonchev–Trinajstić information content (AvgIpc) is 2.70. The van der Waals surface area contributed by atoms with E-state index >= 15 is 0 Å². The molecule has 0 saturated heterocycles. The van der Waals surface area contributed by atoms with Crippen molar-refractivity contribution in [3.05, 3.63) is 29.8 Å². The van der Waals surface area contributed by atoms with Crippen molar-refractivity contribution >= 4 is 12.0 Å². The van der Waals surface area contributed by atoms with Gasteiger partial charge in [-0.3, -0.25) is 4.79 Å². The van der Waals surface area contributed by atoms with Gasteiger partial charge in [-0.2, -0.15) is 0 Å². The van der Waals surface area contributed by atoms with Gasteiger partial charge in [-0.15, -0.1) is 0 Å². The van der Waals surface area contributed by atoms with Gasteiger partial charge in [0.05, 0.1) is 13.2 Å². The maximum absolute atomic E-state index is 12.1. The second-order valence-electron chi connectivity index (χ2n) is 7.74. The summed E-state index contributed by atoms with van der Waals surface area (Å²) in [7, 11) is 1.55. The largest absolute Gasteiger partial charge is 0.494 e. The van der Waals surface area contributed by atoms with Crippen LogP contribution >= 0.6 is 0 Å². The molecule has 0 aliphatic rings. The molecule has 0 saturated carbocycles. The zero-order valence-electron chi connectivity index (χ0n) is 18.5. The third-order valence-corrected chi connectivity index (χ3v) is 4.64. The highest BCUT2D eigenvalue weighted by Crippen LogP contribution is 2.15. The number of alkyl carbamates (subject to hydrolysis) is 1. The molecule has 1 rings (SSSR count). The number of carbonyl (C=O) groups is 2. The lowest BCUT2D eigenvalue weighted by Crippen LogP contribution is -2.47. The van der Waals surface area contributed by atoms with E-state index in [0.29, 0.717) is 19.6 Å². The minimum Gasteiger partial charge on any atom is -0.494 e. The average molecular weight is 407 g/mol. The Labute approximate surface area is 175 Å². The summed E-state index contributed by atoms with van der Waals surface area (Å²) in [5.74, 6) is 1.33. The molecule has 0 heterocycles. The molecule has 164 valence electrons. The molecule has 6 nitrogen and oxygen atoms in total. The van der Waals surface area contributed by atoms with E-state index < -0.39 is 12.1 Å². The lowest BCUT2D eigenvalue weighted by Gasteiger charge is -2.17. The summed E-state index contributed by atoms with van der Waals surface area (Å²) < 4.78 is 10.9. The fourth-order valence-corrected chi connectivity index (χ4v) is 2.86. The Hall–Kier alpha value is -2.24. The molecular formula is C23H38N2O4. The third kappa shape index (κ3) is 11.4. The number of hydrogen-bond acceptors (Lipinski definition) is 4. The van der Waals surface area contributed by atoms with Gasteiger partial charge in [0.15, 0.2) is 0 Å². The number of unbranched alkanes of at least 4 members (excludes halogenated alkanes) is 3. The SMILES string of the molecule is CCCCOC(=O)N[C@@H](Cc1ccc(OCCCCCC(C)C)cc1)C(=O)NC. The molecule has 2 amide bonds. The Balaban J connectivity index is 2.45. The maximum atomic E-state index is 12.1. The molecule has 0 unspecified atom stereocenters. The summed E-state index contributed by atoms with van der Waals surface area (Å²) >= 11 is 0. The van der Waals surface area contributed by atoms with Crippen LogP contribution in [-0.4, -0.2) is 38.3 Å². The monoisotopic (exact) mass is 406 g/mol. The lowest BCUT2D eigenvalue weighted by molar-refractivity contribution is -0.122. The van der Waals surface area contributed by atoms with E-state index in [1.807, 2.05) is 31.2 Å². The summed E-state index contributed by atoms with van der Waals surface area (Å²) in [5, 5.41) is 5.23. The van der Waals surface area contributed by atoms with Gasteiger partial charge in [0, 0.05) is 13.5 Å². The lowest BCUT2D eigenvalue weighted by atomic mass is 10.1. The predicted molar refractivity (Wildman–Crippen MR) is 116 cm³/mol. The quantitative estimate of drug-likeness (QED) is 0.447. The van der Waals surface area contributed by atoms with E-state index in [1.165, 1.54) is 19.3 Å². The second-order valence-corrected chi connectivity index (χ2v) is 7.74. The predicted octanol–water partition coefficient (Wildman–Crippen LogP) is 4.47. The van der Waals surface area contributed by atoms with E-state index in [1.54, 1.807) is 7.05 Å². The van der Waals surface area contributed by atoms with Crippen LogP contribution in [0.3, 0.4) is 0 Å². The molecule has 0 spiro atoms. The first-order valence-electron chi connectivity index (χ1n) is 10.8. The van der Waals surface area contributed by atoms with Crippen molar-refractivity contribution in [3.8, 4) is 5.75 Å². The van der Waals surface area contributed by atoms with Crippen LogP contribution in [0.25, 0.3) is 0 Å². The van der Waals surface area contributed by atoms with E-state index in [-0.39, 0.29) is 5.91 Å². The standard InChI is InChI=1S/C23H38N2O4/c1-5-6-15-29-23(27)25-21(22(26)24-4)17-19-11-13-20(14-12-19)28-16-9-7-8-10-18(2)3/h11-14,18,21H,5-10,15-17H2,1-4H3,(H,24,26)(H,25,27)/t21-/m0/s1. The number of amides is 2. The van der Waals surface area contributed by atoms with E-state index in [2.05, 4.69) is 24.5 Å². The van der Waals surface area contributed by atoms with Gasteiger partial charge in [0.2, 0.25) is 5.91 Å². The number of likely N-dealkylation sites (N-methyl/N-ethyl adjacent to an activating group) is 1. The molecule has 29 heavy (non-hydrogen) atoms. The molecule has 2 N–H and O–H groups in total. The first-order chi connectivity index (χ1) is 14.0. The molecule has 0 aliphatic carbocycles. The Morgan fingerprint density at radius 2 is 1.72 bits per heavy atom. The fraction of sp³-hybridized carbons (Fsp3) is 0.652. The van der Waals surface area contributed by atoms with Crippen LogP contribution in [0.4, 0.5) is 4.79 Å². The van der Waals surface area contributed by atoms with Crippen molar-refractivity contribution in [1.29, 1.82) is 0 Å². The van der Waals surface area contributed by atoms with Gasteiger partial charge in [-0.05, 0) is 36.5 Å². The topological polar surface area (TPSA) is 76.7 Å². The van der Waals surface area contributed by atoms with E-state index in [9.17, 15) is 9.59 Å². The molecule has 1 aromatic carbocycles. The summed E-state index contributed by atoms with van der Waals surface area (Å²) in [5.41, 5.74) is 0.941. The van der Waals surface area contributed by atoms with Crippen molar-refractivity contribution in [2.24, 2.45) is 5.92 Å². The van der Waals surface area contributed by atoms with Crippen molar-refractivity contribution in [2.75, 3.05) is 20.3 Å². The molecule has 6 heteroatoms. The van der Waals surface area contributed by atoms with Gasteiger partial charge >= 0.3 is 6.09 Å². The van der Waals surface area contributed by atoms with Crippen molar-refractivity contribution < 1.29 is 19.1 Å². The fourth-order valence-electron chi connectivity index (χ4n) is 2.86. The number of nitrogens with one attached hydrogen (secondary N) is 2. The highest BCUT2D eigenvalue weighted by atomic mass is 16.5. The minimum atomic E-state index is -0.679. The number of ether oxygens (including phenoxy) is 2. The molecule has 0 bridgehead atoms. The number of hydrogen-bond donors (Lipinski definition) is 2. The zero-order chi connectivity index (χ0) is 21.5. The molecule has 0 aliphatic heterocycles. The molecule has 0 fully saturated rings. The van der Waals surface area contributed by atoms with Crippen LogP contribution in [0.1, 0.15) is 64.9 Å². The van der Waals surface area contributed by atoms with Gasteiger partial charge in [0.1, 0.15) is 11.8 Å². The zero-order valence-corrected chi connectivity index (χ0v) is 18.5. The van der Waals surface area contributed by atoms with Crippen molar-refractivity contribution in [1.82, 2.24) is 10.6 Å². The maximum Gasteiger partial charge on any atom is 0.407 e. The number of rotatable bonds is 14. The molecule has 0 aromatic heterocycles. The Kier molecular flexibility index (Phi) is 12.6. The number of carbonyl (C=O) groups excluding carboxylic acids is 2. The molecular weight excluding hydrogens is 368 g/mol. The Morgan fingerprint density at radius 1 is 1.00 bits per heavy atom. The van der Waals surface area contributed by atoms with Crippen LogP contribution < -0.4 is 15.4 Å². The summed E-state index contributed by atoms with van der Waals surface area (Å²) in [6.45, 7) is 7.58.